The second-order valence-corrected chi connectivity index (χ2v) is 9.43. The first kappa shape index (κ1) is 19.9. The Hall–Kier alpha value is -3.01. The van der Waals surface area contributed by atoms with E-state index >= 15 is 0 Å². The van der Waals surface area contributed by atoms with Gasteiger partial charge < -0.3 is 4.98 Å². The Bertz CT molecular complexity index is 1530. The highest BCUT2D eigenvalue weighted by Crippen LogP contribution is 2.31. The first-order chi connectivity index (χ1) is 15.2. The number of hydrogen-bond donors (Lipinski definition) is 1. The van der Waals surface area contributed by atoms with Gasteiger partial charge >= 0.3 is 0 Å². The second kappa shape index (κ2) is 8.26. The van der Waals surface area contributed by atoms with Gasteiger partial charge in [0.05, 0.1) is 16.5 Å². The Balaban J connectivity index is 1.50. The number of fused-ring (bicyclic) bond motifs is 2. The van der Waals surface area contributed by atoms with Crippen LogP contribution in [0.4, 0.5) is 0 Å². The molecule has 0 saturated heterocycles. The highest BCUT2D eigenvalue weighted by atomic mass is 32.2. The predicted octanol–water partition coefficient (Wildman–Crippen LogP) is 4.90. The van der Waals surface area contributed by atoms with Crippen LogP contribution in [0.5, 0.6) is 0 Å². The molecule has 1 N–H and O–H groups in total. The number of aromatic amines is 1. The van der Waals surface area contributed by atoms with Crippen LogP contribution in [-0.2, 0) is 12.3 Å². The van der Waals surface area contributed by atoms with Crippen LogP contribution in [0.1, 0.15) is 5.82 Å². The highest BCUT2D eigenvalue weighted by Gasteiger charge is 2.15. The fraction of sp³-hybridized carbons (Fsp3) is 0.0909. The summed E-state index contributed by atoms with van der Waals surface area (Å²) in [4.78, 5) is 39.2. The van der Waals surface area contributed by atoms with Crippen LogP contribution in [0, 0.1) is 0 Å². The van der Waals surface area contributed by atoms with Gasteiger partial charge in [0, 0.05) is 17.5 Å². The molecule has 0 aliphatic carbocycles. The number of nitrogens with zero attached hydrogens (tertiary/aromatic N) is 3. The second-order valence-electron chi connectivity index (χ2n) is 6.74. The average Bonchev–Trinajstić information content (AvgIpc) is 3.42. The zero-order valence-electron chi connectivity index (χ0n) is 16.2. The molecule has 0 bridgehead atoms. The molecule has 0 aliphatic heterocycles. The van der Waals surface area contributed by atoms with Crippen LogP contribution >= 0.6 is 34.4 Å². The summed E-state index contributed by atoms with van der Waals surface area (Å²) in [5.41, 5.74) is 1.63. The van der Waals surface area contributed by atoms with Crippen molar-refractivity contribution in [3.63, 3.8) is 0 Å². The van der Waals surface area contributed by atoms with Crippen LogP contribution in [0.25, 0.3) is 31.6 Å². The number of rotatable bonds is 6. The van der Waals surface area contributed by atoms with Gasteiger partial charge in [0.25, 0.3) is 11.1 Å². The lowest BCUT2D eigenvalue weighted by atomic mass is 10.1. The van der Waals surface area contributed by atoms with E-state index in [4.69, 9.17) is 0 Å². The van der Waals surface area contributed by atoms with Gasteiger partial charge in [-0.25, -0.2) is 9.97 Å². The fourth-order valence-electron chi connectivity index (χ4n) is 3.36. The van der Waals surface area contributed by atoms with Gasteiger partial charge in [0.2, 0.25) is 0 Å². The fourth-order valence-corrected chi connectivity index (χ4v) is 6.01. The molecule has 0 fully saturated rings. The molecule has 0 spiro atoms. The highest BCUT2D eigenvalue weighted by molar-refractivity contribution is 7.98. The van der Waals surface area contributed by atoms with E-state index in [0.29, 0.717) is 43.7 Å². The average molecular weight is 465 g/mol. The first-order valence-corrected chi connectivity index (χ1v) is 12.2. The lowest BCUT2D eigenvalue weighted by molar-refractivity contribution is 0.672. The molecule has 4 heterocycles. The maximum absolute atomic E-state index is 12.8. The largest absolute Gasteiger partial charge is 0.309 e. The van der Waals surface area contributed by atoms with Crippen molar-refractivity contribution < 1.29 is 0 Å². The van der Waals surface area contributed by atoms with E-state index in [1.54, 1.807) is 16.7 Å². The van der Waals surface area contributed by atoms with Crippen molar-refractivity contribution in [3.05, 3.63) is 86.3 Å². The van der Waals surface area contributed by atoms with Crippen molar-refractivity contribution in [2.24, 2.45) is 0 Å². The number of benzene rings is 1. The summed E-state index contributed by atoms with van der Waals surface area (Å²) in [5, 5.41) is 5.62. The molecule has 0 amide bonds. The zero-order valence-corrected chi connectivity index (χ0v) is 18.6. The lowest BCUT2D eigenvalue weighted by Gasteiger charge is -2.09. The number of hydrogen-bond acceptors (Lipinski definition) is 7. The first-order valence-electron chi connectivity index (χ1n) is 9.43. The van der Waals surface area contributed by atoms with Gasteiger partial charge in [-0.2, -0.15) is 0 Å². The van der Waals surface area contributed by atoms with Crippen molar-refractivity contribution >= 4 is 54.9 Å². The van der Waals surface area contributed by atoms with Crippen LogP contribution < -0.4 is 11.1 Å². The van der Waals surface area contributed by atoms with Crippen molar-refractivity contribution in [2.45, 2.75) is 17.5 Å². The van der Waals surface area contributed by atoms with Gasteiger partial charge in [-0.3, -0.25) is 14.2 Å². The van der Waals surface area contributed by atoms with Crippen LogP contribution in [0.3, 0.4) is 0 Å². The number of thiophene rings is 2. The molecule has 5 aromatic rings. The number of H-pyrrole nitrogens is 1. The Morgan fingerprint density at radius 3 is 2.74 bits per heavy atom. The number of aromatic nitrogens is 4. The van der Waals surface area contributed by atoms with E-state index in [0.717, 1.165) is 11.1 Å². The third-order valence-electron chi connectivity index (χ3n) is 4.78. The molecule has 154 valence electrons. The summed E-state index contributed by atoms with van der Waals surface area (Å²) in [6.45, 7) is 4.11. The van der Waals surface area contributed by atoms with Gasteiger partial charge in [-0.15, -0.1) is 29.3 Å². The van der Waals surface area contributed by atoms with E-state index in [9.17, 15) is 9.59 Å². The third kappa shape index (κ3) is 3.65. The van der Waals surface area contributed by atoms with E-state index in [1.807, 2.05) is 41.1 Å². The molecule has 0 aliphatic rings. The Morgan fingerprint density at radius 2 is 1.94 bits per heavy atom. The van der Waals surface area contributed by atoms with Crippen LogP contribution in [0.2, 0.25) is 0 Å². The van der Waals surface area contributed by atoms with Crippen molar-refractivity contribution in [1.82, 2.24) is 19.5 Å². The zero-order chi connectivity index (χ0) is 21.4. The molecule has 0 atom stereocenters. The summed E-state index contributed by atoms with van der Waals surface area (Å²) >= 11 is 4.26. The van der Waals surface area contributed by atoms with E-state index in [2.05, 4.69) is 21.5 Å². The summed E-state index contributed by atoms with van der Waals surface area (Å²) < 4.78 is 1.60. The molecule has 1 aromatic carbocycles. The van der Waals surface area contributed by atoms with E-state index in [-0.39, 0.29) is 11.1 Å². The quantitative estimate of drug-likeness (QED) is 0.220. The van der Waals surface area contributed by atoms with Gasteiger partial charge in [-0.1, -0.05) is 48.2 Å². The monoisotopic (exact) mass is 464 g/mol. The van der Waals surface area contributed by atoms with Gasteiger partial charge in [-0.05, 0) is 17.0 Å². The van der Waals surface area contributed by atoms with Crippen molar-refractivity contribution in [3.8, 4) is 11.1 Å². The molecule has 5 rings (SSSR count). The van der Waals surface area contributed by atoms with Crippen LogP contribution in [-0.4, -0.2) is 19.5 Å². The van der Waals surface area contributed by atoms with Crippen molar-refractivity contribution in [2.75, 3.05) is 0 Å². The molecule has 9 heteroatoms. The maximum atomic E-state index is 12.8. The van der Waals surface area contributed by atoms with Crippen LogP contribution in [0.15, 0.2) is 74.6 Å². The Kier molecular flexibility index (Phi) is 5.31. The standard InChI is InChI=1S/C22H16N4O2S3/c1-2-9-26-21(28)14-8-10-29-19(14)25-22(26)31-12-16-23-18(27)17-15(11-30-20(17)24-16)13-6-4-3-5-7-13/h2-8,10-11H,1,9,12H2,(H,23,24,27). The lowest BCUT2D eigenvalue weighted by Crippen LogP contribution is -2.22. The third-order valence-corrected chi connectivity index (χ3v) is 7.44. The number of allylic oxidation sites excluding steroid dienone is 1. The van der Waals surface area contributed by atoms with E-state index < -0.39 is 0 Å². The molecule has 6 nitrogen and oxygen atoms in total. The Labute approximate surface area is 188 Å². The molecule has 4 aromatic heterocycles. The molecule has 0 radical (unpaired) electrons. The molecule has 0 saturated carbocycles. The summed E-state index contributed by atoms with van der Waals surface area (Å²) in [5.74, 6) is 0.944. The normalized spacial score (nSPS) is 11.4. The SMILES string of the molecule is C=CCn1c(SCc2nc3scc(-c4ccccc4)c3c(=O)[nH]2)nc2sccc2c1=O. The molecule has 0 unspecified atom stereocenters. The van der Waals surface area contributed by atoms with Gasteiger partial charge in [0.15, 0.2) is 5.16 Å². The minimum atomic E-state index is -0.161. The Morgan fingerprint density at radius 1 is 1.10 bits per heavy atom. The molecular weight excluding hydrogens is 448 g/mol. The smallest absolute Gasteiger partial charge is 0.263 e. The predicted molar refractivity (Wildman–Crippen MR) is 129 cm³/mol. The summed E-state index contributed by atoms with van der Waals surface area (Å²) in [7, 11) is 0. The minimum Gasteiger partial charge on any atom is -0.309 e. The molecule has 31 heavy (non-hydrogen) atoms. The summed E-state index contributed by atoms with van der Waals surface area (Å²) in [6, 6.07) is 11.6. The van der Waals surface area contributed by atoms with Gasteiger partial charge in [0.1, 0.15) is 15.5 Å². The number of nitrogens with one attached hydrogen (secondary N) is 1. The topological polar surface area (TPSA) is 80.6 Å². The minimum absolute atomic E-state index is 0.0867. The molecular formula is C22H16N4O2S3. The van der Waals surface area contributed by atoms with Crippen molar-refractivity contribution in [1.29, 1.82) is 0 Å². The number of thioether (sulfide) groups is 1. The van der Waals surface area contributed by atoms with E-state index in [1.165, 1.54) is 34.4 Å². The summed E-state index contributed by atoms with van der Waals surface area (Å²) in [6.07, 6.45) is 1.67. The maximum Gasteiger partial charge on any atom is 0.263 e.